The maximum Gasteiger partial charge on any atom is 0.160 e. The molecule has 0 bridgehead atoms. The van der Waals surface area contributed by atoms with Gasteiger partial charge in [-0.15, -0.1) is 11.3 Å². The fraction of sp³-hybridized carbons (Fsp3) is 0.375. The van der Waals surface area contributed by atoms with Crippen LogP contribution in [0.3, 0.4) is 0 Å². The molecule has 3 heteroatoms. The average molecular weight is 184 g/mol. The van der Waals surface area contributed by atoms with Crippen molar-refractivity contribution in [1.82, 2.24) is 0 Å². The molecule has 2 rings (SSSR count). The number of aryl methyl sites for hydroxylation is 1. The zero-order valence-electron chi connectivity index (χ0n) is 6.00. The highest BCUT2D eigenvalue weighted by Gasteiger charge is 2.14. The van der Waals surface area contributed by atoms with Crippen LogP contribution in [0.5, 0.6) is 0 Å². The summed E-state index contributed by atoms with van der Waals surface area (Å²) in [6, 6.07) is 0. The van der Waals surface area contributed by atoms with Gasteiger partial charge in [0, 0.05) is 5.75 Å². The van der Waals surface area contributed by atoms with Crippen LogP contribution in [0.25, 0.3) is 0 Å². The zero-order chi connectivity index (χ0) is 7.68. The highest BCUT2D eigenvalue weighted by Crippen LogP contribution is 2.30. The van der Waals surface area contributed by atoms with Crippen LogP contribution in [-0.4, -0.2) is 12.0 Å². The van der Waals surface area contributed by atoms with E-state index in [9.17, 15) is 4.79 Å². The number of thiophene rings is 1. The van der Waals surface area contributed by atoms with Gasteiger partial charge in [-0.2, -0.15) is 11.8 Å². The van der Waals surface area contributed by atoms with Gasteiger partial charge in [0.15, 0.2) is 6.29 Å². The van der Waals surface area contributed by atoms with E-state index in [4.69, 9.17) is 0 Å². The molecule has 0 saturated heterocycles. The summed E-state index contributed by atoms with van der Waals surface area (Å²) < 4.78 is 0. The Bertz CT molecular complexity index is 278. The number of hydrogen-bond acceptors (Lipinski definition) is 3. The van der Waals surface area contributed by atoms with Gasteiger partial charge in [0.25, 0.3) is 0 Å². The Morgan fingerprint density at radius 2 is 2.45 bits per heavy atom. The summed E-state index contributed by atoms with van der Waals surface area (Å²) in [6.45, 7) is 0. The Balaban J connectivity index is 2.45. The number of carbonyl (C=O) groups excluding carboxylic acids is 1. The lowest BCUT2D eigenvalue weighted by Gasteiger charge is -2.10. The van der Waals surface area contributed by atoms with Crippen LogP contribution in [0.4, 0.5) is 0 Å². The van der Waals surface area contributed by atoms with Gasteiger partial charge in [-0.1, -0.05) is 0 Å². The van der Waals surface area contributed by atoms with Crippen LogP contribution in [0.1, 0.15) is 20.8 Å². The molecule has 0 aromatic carbocycles. The minimum absolute atomic E-state index is 0.937. The second kappa shape index (κ2) is 2.99. The fourth-order valence-electron chi connectivity index (χ4n) is 1.26. The van der Waals surface area contributed by atoms with Crippen molar-refractivity contribution < 1.29 is 4.79 Å². The third-order valence-corrected chi connectivity index (χ3v) is 3.87. The molecule has 11 heavy (non-hydrogen) atoms. The van der Waals surface area contributed by atoms with Crippen molar-refractivity contribution >= 4 is 29.4 Å². The lowest BCUT2D eigenvalue weighted by atomic mass is 10.1. The van der Waals surface area contributed by atoms with Crippen molar-refractivity contribution in [2.45, 2.75) is 12.2 Å². The minimum Gasteiger partial charge on any atom is -0.297 e. The molecule has 58 valence electrons. The molecule has 0 amide bonds. The zero-order valence-corrected chi connectivity index (χ0v) is 7.63. The summed E-state index contributed by atoms with van der Waals surface area (Å²) in [6.07, 6.45) is 2.12. The molecule has 0 radical (unpaired) electrons. The lowest BCUT2D eigenvalue weighted by Crippen LogP contribution is -2.00. The molecule has 0 unspecified atom stereocenters. The van der Waals surface area contributed by atoms with Gasteiger partial charge in [0.1, 0.15) is 0 Å². The van der Waals surface area contributed by atoms with Gasteiger partial charge < -0.3 is 0 Å². The molecular formula is C8H8OS2. The largest absolute Gasteiger partial charge is 0.297 e. The van der Waals surface area contributed by atoms with E-state index in [1.807, 2.05) is 11.8 Å². The molecule has 0 atom stereocenters. The number of carbonyl (C=O) groups is 1. The molecular weight excluding hydrogens is 176 g/mol. The van der Waals surface area contributed by atoms with E-state index in [0.717, 1.165) is 23.3 Å². The van der Waals surface area contributed by atoms with Crippen LogP contribution in [0.2, 0.25) is 0 Å². The topological polar surface area (TPSA) is 17.1 Å². The smallest absolute Gasteiger partial charge is 0.160 e. The Morgan fingerprint density at radius 1 is 1.55 bits per heavy atom. The van der Waals surface area contributed by atoms with Gasteiger partial charge in [-0.05, 0) is 28.7 Å². The van der Waals surface area contributed by atoms with Gasteiger partial charge in [-0.25, -0.2) is 0 Å². The van der Waals surface area contributed by atoms with E-state index >= 15 is 0 Å². The van der Waals surface area contributed by atoms with Gasteiger partial charge in [0.05, 0.1) is 4.88 Å². The first-order chi connectivity index (χ1) is 5.42. The van der Waals surface area contributed by atoms with E-state index in [-0.39, 0.29) is 0 Å². The predicted octanol–water partition coefficient (Wildman–Crippen LogP) is 2.35. The second-order valence-corrected chi connectivity index (χ2v) is 4.54. The molecule has 0 saturated carbocycles. The molecule has 1 aliphatic heterocycles. The molecule has 2 heterocycles. The molecule has 0 aliphatic carbocycles. The number of aldehydes is 1. The molecule has 1 aliphatic rings. The number of rotatable bonds is 1. The van der Waals surface area contributed by atoms with E-state index < -0.39 is 0 Å². The average Bonchev–Trinajstić information content (AvgIpc) is 2.47. The predicted molar refractivity (Wildman–Crippen MR) is 49.6 cm³/mol. The molecule has 0 N–H and O–H groups in total. The van der Waals surface area contributed by atoms with Crippen LogP contribution in [0, 0.1) is 0 Å². The van der Waals surface area contributed by atoms with E-state index in [0.29, 0.717) is 0 Å². The maximum atomic E-state index is 10.5. The Hall–Kier alpha value is -0.280. The SMILES string of the molecule is O=Cc1scc2c1CSCC2. The highest BCUT2D eigenvalue weighted by atomic mass is 32.2. The number of hydrogen-bond donors (Lipinski definition) is 0. The van der Waals surface area contributed by atoms with Crippen molar-refractivity contribution in [1.29, 1.82) is 0 Å². The van der Waals surface area contributed by atoms with Crippen molar-refractivity contribution in [2.24, 2.45) is 0 Å². The van der Waals surface area contributed by atoms with Crippen LogP contribution >= 0.6 is 23.1 Å². The normalized spacial score (nSPS) is 16.0. The maximum absolute atomic E-state index is 10.5. The van der Waals surface area contributed by atoms with Crippen molar-refractivity contribution in [2.75, 3.05) is 5.75 Å². The lowest BCUT2D eigenvalue weighted by molar-refractivity contribution is 0.112. The summed E-state index contributed by atoms with van der Waals surface area (Å²) >= 11 is 3.50. The number of thioether (sulfide) groups is 1. The summed E-state index contributed by atoms with van der Waals surface area (Å²) in [7, 11) is 0. The first-order valence-electron chi connectivity index (χ1n) is 3.54. The Morgan fingerprint density at radius 3 is 3.27 bits per heavy atom. The quantitative estimate of drug-likeness (QED) is 0.623. The molecule has 1 aromatic heterocycles. The second-order valence-electron chi connectivity index (χ2n) is 2.52. The first kappa shape index (κ1) is 7.37. The van der Waals surface area contributed by atoms with Gasteiger partial charge in [0.2, 0.25) is 0 Å². The van der Waals surface area contributed by atoms with Crippen molar-refractivity contribution in [3.05, 3.63) is 21.4 Å². The standard InChI is InChI=1S/C8H8OS2/c9-3-8-7-5-10-2-1-6(7)4-11-8/h3-4H,1-2,5H2. The van der Waals surface area contributed by atoms with Crippen LogP contribution < -0.4 is 0 Å². The summed E-state index contributed by atoms with van der Waals surface area (Å²) in [5.74, 6) is 2.24. The molecule has 1 nitrogen and oxygen atoms in total. The van der Waals surface area contributed by atoms with E-state index in [1.165, 1.54) is 16.9 Å². The summed E-state index contributed by atoms with van der Waals surface area (Å²) in [5.41, 5.74) is 2.69. The van der Waals surface area contributed by atoms with Crippen molar-refractivity contribution in [3.63, 3.8) is 0 Å². The van der Waals surface area contributed by atoms with E-state index in [1.54, 1.807) is 11.3 Å². The highest BCUT2D eigenvalue weighted by molar-refractivity contribution is 7.98. The fourth-order valence-corrected chi connectivity index (χ4v) is 3.34. The summed E-state index contributed by atoms with van der Waals surface area (Å²) in [5, 5.41) is 2.12. The monoisotopic (exact) mass is 184 g/mol. The minimum atomic E-state index is 0.937. The third-order valence-electron chi connectivity index (χ3n) is 1.88. The van der Waals surface area contributed by atoms with Crippen LogP contribution in [-0.2, 0) is 12.2 Å². The molecule has 0 spiro atoms. The molecule has 1 aromatic rings. The van der Waals surface area contributed by atoms with Crippen LogP contribution in [0.15, 0.2) is 5.38 Å². The first-order valence-corrected chi connectivity index (χ1v) is 5.57. The molecule has 0 fully saturated rings. The van der Waals surface area contributed by atoms with Gasteiger partial charge >= 0.3 is 0 Å². The summed E-state index contributed by atoms with van der Waals surface area (Å²) in [4.78, 5) is 11.5. The van der Waals surface area contributed by atoms with Crippen molar-refractivity contribution in [3.8, 4) is 0 Å². The van der Waals surface area contributed by atoms with Gasteiger partial charge in [-0.3, -0.25) is 4.79 Å². The Kier molecular flexibility index (Phi) is 2.00. The Labute approximate surface area is 73.8 Å². The third kappa shape index (κ3) is 1.23. The van der Waals surface area contributed by atoms with E-state index in [2.05, 4.69) is 5.38 Å². The number of fused-ring (bicyclic) bond motifs is 1.